The molecule has 28 heavy (non-hydrogen) atoms. The second kappa shape index (κ2) is 6.64. The number of carbonyl (C=O) groups is 1. The van der Waals surface area contributed by atoms with Crippen LogP contribution in [0, 0.1) is 34.6 Å². The molecule has 0 atom stereocenters. The molecule has 3 heterocycles. The fourth-order valence-corrected chi connectivity index (χ4v) is 3.36. The Kier molecular flexibility index (Phi) is 4.26. The molecule has 0 bridgehead atoms. The highest BCUT2D eigenvalue weighted by Crippen LogP contribution is 2.31. The molecule has 1 aromatic carbocycles. The second-order valence-corrected chi connectivity index (χ2v) is 7.10. The summed E-state index contributed by atoms with van der Waals surface area (Å²) in [5.41, 5.74) is 5.72. The van der Waals surface area contributed by atoms with E-state index >= 15 is 0 Å². The Labute approximate surface area is 162 Å². The normalized spacial score (nSPS) is 11.2. The standard InChI is InChI=1S/C22H21N3O3/c1-11-6-7-12(2)18(8-11)23-21(26)17-10-19(16-9-13(3)27-15(16)5)24-22-20(17)14(4)25-28-22/h6-10H,1-5H3,(H,23,26). The lowest BCUT2D eigenvalue weighted by molar-refractivity contribution is 0.102. The van der Waals surface area contributed by atoms with E-state index in [1.54, 1.807) is 13.0 Å². The van der Waals surface area contributed by atoms with Crippen molar-refractivity contribution in [1.82, 2.24) is 10.1 Å². The molecule has 0 aliphatic rings. The zero-order valence-corrected chi connectivity index (χ0v) is 16.5. The van der Waals surface area contributed by atoms with Gasteiger partial charge in [0.05, 0.1) is 22.3 Å². The zero-order chi connectivity index (χ0) is 20.0. The third-order valence-corrected chi connectivity index (χ3v) is 4.82. The van der Waals surface area contributed by atoms with Gasteiger partial charge in [-0.1, -0.05) is 17.3 Å². The van der Waals surface area contributed by atoms with E-state index in [2.05, 4.69) is 15.5 Å². The average molecular weight is 375 g/mol. The highest BCUT2D eigenvalue weighted by molar-refractivity contribution is 6.13. The van der Waals surface area contributed by atoms with Crippen molar-refractivity contribution in [2.24, 2.45) is 0 Å². The molecule has 1 amide bonds. The van der Waals surface area contributed by atoms with Gasteiger partial charge in [0.25, 0.3) is 11.6 Å². The van der Waals surface area contributed by atoms with Gasteiger partial charge in [-0.25, -0.2) is 4.98 Å². The highest BCUT2D eigenvalue weighted by atomic mass is 16.5. The Balaban J connectivity index is 1.85. The fraction of sp³-hybridized carbons (Fsp3) is 0.227. The van der Waals surface area contributed by atoms with Crippen molar-refractivity contribution in [1.29, 1.82) is 0 Å². The van der Waals surface area contributed by atoms with Gasteiger partial charge in [-0.15, -0.1) is 0 Å². The minimum absolute atomic E-state index is 0.230. The summed E-state index contributed by atoms with van der Waals surface area (Å²) in [6.45, 7) is 9.50. The summed E-state index contributed by atoms with van der Waals surface area (Å²) in [6.07, 6.45) is 0. The number of fused-ring (bicyclic) bond motifs is 1. The van der Waals surface area contributed by atoms with E-state index in [4.69, 9.17) is 8.94 Å². The van der Waals surface area contributed by atoms with Crippen LogP contribution in [0.1, 0.15) is 38.7 Å². The van der Waals surface area contributed by atoms with Crippen molar-refractivity contribution in [2.45, 2.75) is 34.6 Å². The van der Waals surface area contributed by atoms with Gasteiger partial charge < -0.3 is 14.3 Å². The number of hydrogen-bond acceptors (Lipinski definition) is 5. The van der Waals surface area contributed by atoms with E-state index in [0.717, 1.165) is 33.9 Å². The first-order valence-corrected chi connectivity index (χ1v) is 9.06. The number of hydrogen-bond donors (Lipinski definition) is 1. The number of nitrogens with zero attached hydrogens (tertiary/aromatic N) is 2. The molecule has 0 unspecified atom stereocenters. The Morgan fingerprint density at radius 3 is 2.54 bits per heavy atom. The van der Waals surface area contributed by atoms with Crippen LogP contribution in [-0.4, -0.2) is 16.0 Å². The van der Waals surface area contributed by atoms with E-state index in [1.807, 2.05) is 52.0 Å². The van der Waals surface area contributed by atoms with Crippen LogP contribution < -0.4 is 5.32 Å². The molecular weight excluding hydrogens is 354 g/mol. The van der Waals surface area contributed by atoms with Crippen molar-refractivity contribution < 1.29 is 13.7 Å². The van der Waals surface area contributed by atoms with Crippen molar-refractivity contribution in [3.8, 4) is 11.3 Å². The van der Waals surface area contributed by atoms with E-state index in [0.29, 0.717) is 28.1 Å². The summed E-state index contributed by atoms with van der Waals surface area (Å²) < 4.78 is 11.0. The average Bonchev–Trinajstić information content (AvgIpc) is 3.19. The lowest BCUT2D eigenvalue weighted by atomic mass is 10.0. The van der Waals surface area contributed by atoms with Crippen LogP contribution in [0.5, 0.6) is 0 Å². The molecule has 0 aliphatic carbocycles. The van der Waals surface area contributed by atoms with E-state index in [1.165, 1.54) is 0 Å². The predicted octanol–water partition coefficient (Wildman–Crippen LogP) is 5.28. The highest BCUT2D eigenvalue weighted by Gasteiger charge is 2.21. The monoisotopic (exact) mass is 375 g/mol. The van der Waals surface area contributed by atoms with E-state index in [-0.39, 0.29) is 5.91 Å². The van der Waals surface area contributed by atoms with Gasteiger partial charge >= 0.3 is 0 Å². The number of aromatic nitrogens is 2. The second-order valence-electron chi connectivity index (χ2n) is 7.10. The predicted molar refractivity (Wildman–Crippen MR) is 108 cm³/mol. The first-order valence-electron chi connectivity index (χ1n) is 9.06. The molecule has 0 saturated carbocycles. The molecule has 6 nitrogen and oxygen atoms in total. The van der Waals surface area contributed by atoms with Gasteiger partial charge in [0.2, 0.25) is 0 Å². The Morgan fingerprint density at radius 2 is 1.82 bits per heavy atom. The number of rotatable bonds is 3. The summed E-state index contributed by atoms with van der Waals surface area (Å²) in [5, 5.41) is 7.63. The topological polar surface area (TPSA) is 81.2 Å². The zero-order valence-electron chi connectivity index (χ0n) is 16.5. The van der Waals surface area contributed by atoms with Crippen molar-refractivity contribution in [2.75, 3.05) is 5.32 Å². The molecule has 1 N–H and O–H groups in total. The van der Waals surface area contributed by atoms with Crippen molar-refractivity contribution in [3.05, 3.63) is 64.2 Å². The molecule has 0 spiro atoms. The van der Waals surface area contributed by atoms with Crippen molar-refractivity contribution in [3.63, 3.8) is 0 Å². The molecule has 6 heteroatoms. The smallest absolute Gasteiger partial charge is 0.259 e. The first-order chi connectivity index (χ1) is 13.3. The Hall–Kier alpha value is -3.41. The maximum absolute atomic E-state index is 13.2. The Morgan fingerprint density at radius 1 is 1.04 bits per heavy atom. The molecule has 3 aromatic heterocycles. The molecule has 4 rings (SSSR count). The molecular formula is C22H21N3O3. The summed E-state index contributed by atoms with van der Waals surface area (Å²) in [4.78, 5) is 17.7. The lowest BCUT2D eigenvalue weighted by Crippen LogP contribution is -2.14. The van der Waals surface area contributed by atoms with Gasteiger partial charge in [-0.05, 0) is 63.9 Å². The number of amides is 1. The largest absolute Gasteiger partial charge is 0.466 e. The van der Waals surface area contributed by atoms with Crippen LogP contribution in [0.3, 0.4) is 0 Å². The SMILES string of the molecule is Cc1ccc(C)c(NC(=O)c2cc(-c3cc(C)oc3C)nc3onc(C)c23)c1. The lowest BCUT2D eigenvalue weighted by Gasteiger charge is -2.11. The molecule has 0 fully saturated rings. The summed E-state index contributed by atoms with van der Waals surface area (Å²) in [7, 11) is 0. The minimum Gasteiger partial charge on any atom is -0.466 e. The summed E-state index contributed by atoms with van der Waals surface area (Å²) in [5.74, 6) is 1.29. The number of benzene rings is 1. The van der Waals surface area contributed by atoms with E-state index in [9.17, 15) is 4.79 Å². The van der Waals surface area contributed by atoms with Crippen molar-refractivity contribution >= 4 is 22.7 Å². The van der Waals surface area contributed by atoms with Gasteiger partial charge in [0.1, 0.15) is 11.5 Å². The van der Waals surface area contributed by atoms with Crippen LogP contribution in [0.25, 0.3) is 22.4 Å². The fourth-order valence-electron chi connectivity index (χ4n) is 3.36. The van der Waals surface area contributed by atoms with E-state index < -0.39 is 0 Å². The van der Waals surface area contributed by atoms with Gasteiger partial charge in [-0.3, -0.25) is 4.79 Å². The maximum atomic E-state index is 13.2. The number of carbonyl (C=O) groups excluding carboxylic acids is 1. The third-order valence-electron chi connectivity index (χ3n) is 4.82. The molecule has 142 valence electrons. The minimum atomic E-state index is -0.230. The number of pyridine rings is 1. The Bertz CT molecular complexity index is 1220. The molecule has 0 radical (unpaired) electrons. The van der Waals surface area contributed by atoms with Gasteiger partial charge in [0.15, 0.2) is 0 Å². The molecule has 0 saturated heterocycles. The van der Waals surface area contributed by atoms with Gasteiger partial charge in [0, 0.05) is 11.3 Å². The van der Waals surface area contributed by atoms with Crippen LogP contribution in [0.2, 0.25) is 0 Å². The maximum Gasteiger partial charge on any atom is 0.259 e. The van der Waals surface area contributed by atoms with Crippen LogP contribution in [0.4, 0.5) is 5.69 Å². The number of nitrogens with one attached hydrogen (secondary N) is 1. The molecule has 4 aromatic rings. The quantitative estimate of drug-likeness (QED) is 0.527. The summed E-state index contributed by atoms with van der Waals surface area (Å²) in [6, 6.07) is 9.63. The van der Waals surface area contributed by atoms with Gasteiger partial charge in [-0.2, -0.15) is 0 Å². The first kappa shape index (κ1) is 18.0. The van der Waals surface area contributed by atoms with Crippen LogP contribution in [-0.2, 0) is 0 Å². The van der Waals surface area contributed by atoms with Crippen LogP contribution >= 0.6 is 0 Å². The number of furan rings is 1. The number of anilines is 1. The number of aryl methyl sites for hydroxylation is 5. The summed E-state index contributed by atoms with van der Waals surface area (Å²) >= 11 is 0. The third kappa shape index (κ3) is 3.07. The molecule has 0 aliphatic heterocycles. The van der Waals surface area contributed by atoms with Crippen LogP contribution in [0.15, 0.2) is 39.3 Å².